The highest BCUT2D eigenvalue weighted by molar-refractivity contribution is 5.80. The summed E-state index contributed by atoms with van der Waals surface area (Å²) in [6, 6.07) is 8.22. The molecule has 0 saturated carbocycles. The van der Waals surface area contributed by atoms with Crippen LogP contribution in [-0.4, -0.2) is 16.1 Å². The van der Waals surface area contributed by atoms with E-state index in [9.17, 15) is 0 Å². The van der Waals surface area contributed by atoms with Crippen molar-refractivity contribution >= 4 is 17.2 Å². The van der Waals surface area contributed by atoms with E-state index in [0.29, 0.717) is 0 Å². The van der Waals surface area contributed by atoms with Gasteiger partial charge in [-0.15, -0.1) is 0 Å². The van der Waals surface area contributed by atoms with Crippen molar-refractivity contribution < 1.29 is 0 Å². The number of aromatic nitrogens is 2. The predicted octanol–water partition coefficient (Wildman–Crippen LogP) is 1.96. The van der Waals surface area contributed by atoms with Gasteiger partial charge in [-0.3, -0.25) is 5.01 Å². The molecule has 0 fully saturated rings. The van der Waals surface area contributed by atoms with E-state index < -0.39 is 0 Å². The van der Waals surface area contributed by atoms with Crippen LogP contribution in [0.2, 0.25) is 0 Å². The van der Waals surface area contributed by atoms with Crippen molar-refractivity contribution in [3.05, 3.63) is 42.4 Å². The molecule has 1 aromatic carbocycles. The van der Waals surface area contributed by atoms with Crippen LogP contribution in [0, 0.1) is 6.92 Å². The number of benzene rings is 1. The van der Waals surface area contributed by atoms with E-state index in [2.05, 4.69) is 33.9 Å². The maximum absolute atomic E-state index is 6.08. The summed E-state index contributed by atoms with van der Waals surface area (Å²) in [5.41, 5.74) is 3.18. The molecule has 1 aliphatic heterocycles. The lowest BCUT2D eigenvalue weighted by molar-refractivity contribution is 0.695. The van der Waals surface area contributed by atoms with Crippen LogP contribution in [0.3, 0.4) is 0 Å². The van der Waals surface area contributed by atoms with Crippen LogP contribution >= 0.6 is 0 Å². The first-order valence-electron chi connectivity index (χ1n) is 5.89. The summed E-state index contributed by atoms with van der Waals surface area (Å²) in [6.07, 6.45) is 3.32. The van der Waals surface area contributed by atoms with Crippen LogP contribution in [0.15, 0.2) is 36.8 Å². The van der Waals surface area contributed by atoms with Crippen molar-refractivity contribution in [3.8, 4) is 0 Å². The zero-order valence-electron chi connectivity index (χ0n) is 10.4. The van der Waals surface area contributed by atoms with Gasteiger partial charge in [0, 0.05) is 5.69 Å². The lowest BCUT2D eigenvalue weighted by Crippen LogP contribution is -2.43. The largest absolute Gasteiger partial charge is 0.302 e. The monoisotopic (exact) mass is 241 g/mol. The predicted molar refractivity (Wildman–Crippen MR) is 71.5 cm³/mol. The van der Waals surface area contributed by atoms with Gasteiger partial charge in [-0.05, 0) is 25.5 Å². The van der Waals surface area contributed by atoms with Crippen molar-refractivity contribution in [1.29, 1.82) is 0 Å². The first kappa shape index (κ1) is 11.0. The second-order valence-electron chi connectivity index (χ2n) is 4.43. The number of rotatable bonds is 1. The van der Waals surface area contributed by atoms with Crippen LogP contribution < -0.4 is 15.8 Å². The second kappa shape index (κ2) is 3.96. The molecule has 0 saturated heterocycles. The second-order valence-corrected chi connectivity index (χ2v) is 4.43. The molecule has 2 N–H and O–H groups in total. The Kier molecular flexibility index (Phi) is 2.41. The SMILES string of the molecule is Cc1ccccc1N1c2ncncc2N(N)[C@@H]1C. The number of nitrogens with zero attached hydrogens (tertiary/aromatic N) is 4. The number of hydrazine groups is 1. The summed E-state index contributed by atoms with van der Waals surface area (Å²) in [4.78, 5) is 10.5. The fourth-order valence-corrected chi connectivity index (χ4v) is 2.34. The quantitative estimate of drug-likeness (QED) is 0.773. The highest BCUT2D eigenvalue weighted by atomic mass is 15.6. The van der Waals surface area contributed by atoms with Gasteiger partial charge in [-0.1, -0.05) is 18.2 Å². The van der Waals surface area contributed by atoms with E-state index >= 15 is 0 Å². The minimum Gasteiger partial charge on any atom is -0.302 e. The number of hydrogen-bond acceptors (Lipinski definition) is 5. The Morgan fingerprint density at radius 3 is 2.78 bits per heavy atom. The van der Waals surface area contributed by atoms with E-state index in [-0.39, 0.29) is 6.17 Å². The zero-order valence-corrected chi connectivity index (χ0v) is 10.4. The maximum Gasteiger partial charge on any atom is 0.163 e. The highest BCUT2D eigenvalue weighted by Gasteiger charge is 2.34. The molecule has 92 valence electrons. The summed E-state index contributed by atoms with van der Waals surface area (Å²) in [7, 11) is 0. The Balaban J connectivity index is 2.16. The maximum atomic E-state index is 6.08. The summed E-state index contributed by atoms with van der Waals surface area (Å²) in [6.45, 7) is 4.14. The van der Waals surface area contributed by atoms with Gasteiger partial charge >= 0.3 is 0 Å². The van der Waals surface area contributed by atoms with Crippen LogP contribution in [0.25, 0.3) is 0 Å². The average molecular weight is 241 g/mol. The third kappa shape index (κ3) is 1.44. The van der Waals surface area contributed by atoms with Gasteiger partial charge in [0.1, 0.15) is 18.2 Å². The molecule has 0 spiro atoms. The molecule has 1 aliphatic rings. The lowest BCUT2D eigenvalue weighted by Gasteiger charge is -2.27. The van der Waals surface area contributed by atoms with Gasteiger partial charge in [0.15, 0.2) is 5.82 Å². The lowest BCUT2D eigenvalue weighted by atomic mass is 10.2. The molecule has 0 bridgehead atoms. The Bertz CT molecular complexity index is 583. The molecule has 2 aromatic rings. The fourth-order valence-electron chi connectivity index (χ4n) is 2.34. The van der Waals surface area contributed by atoms with Gasteiger partial charge in [-0.2, -0.15) is 0 Å². The van der Waals surface area contributed by atoms with Gasteiger partial charge in [-0.25, -0.2) is 15.8 Å². The molecule has 18 heavy (non-hydrogen) atoms. The Morgan fingerprint density at radius 1 is 1.22 bits per heavy atom. The fraction of sp³-hybridized carbons (Fsp3) is 0.231. The molecule has 0 radical (unpaired) electrons. The summed E-state index contributed by atoms with van der Waals surface area (Å²) in [5.74, 6) is 6.94. The standard InChI is InChI=1S/C13H15N5/c1-9-5-3-4-6-11(9)17-10(2)18(14)12-7-15-8-16-13(12)17/h3-8,10H,14H2,1-2H3/t10-/m1/s1. The molecular formula is C13H15N5. The number of hydrogen-bond donors (Lipinski definition) is 1. The molecule has 0 unspecified atom stereocenters. The first-order valence-corrected chi connectivity index (χ1v) is 5.89. The zero-order chi connectivity index (χ0) is 12.7. The Hall–Kier alpha value is -2.14. The van der Waals surface area contributed by atoms with Gasteiger partial charge in [0.05, 0.1) is 6.20 Å². The van der Waals surface area contributed by atoms with Crippen LogP contribution in [0.4, 0.5) is 17.2 Å². The minimum atomic E-state index is 0.0257. The third-order valence-corrected chi connectivity index (χ3v) is 3.33. The molecule has 1 atom stereocenters. The van der Waals surface area contributed by atoms with Gasteiger partial charge < -0.3 is 4.90 Å². The molecule has 0 aliphatic carbocycles. The van der Waals surface area contributed by atoms with Crippen molar-refractivity contribution in [3.63, 3.8) is 0 Å². The number of para-hydroxylation sites is 1. The normalized spacial score (nSPS) is 18.1. The smallest absolute Gasteiger partial charge is 0.163 e. The van der Waals surface area contributed by atoms with Crippen molar-refractivity contribution in [2.45, 2.75) is 20.0 Å². The van der Waals surface area contributed by atoms with Crippen molar-refractivity contribution in [2.24, 2.45) is 5.84 Å². The van der Waals surface area contributed by atoms with E-state index in [0.717, 1.165) is 17.2 Å². The van der Waals surface area contributed by atoms with Crippen LogP contribution in [0.5, 0.6) is 0 Å². The van der Waals surface area contributed by atoms with Crippen molar-refractivity contribution in [1.82, 2.24) is 9.97 Å². The Labute approximate surface area is 106 Å². The molecular weight excluding hydrogens is 226 g/mol. The first-order chi connectivity index (χ1) is 8.70. The number of aryl methyl sites for hydroxylation is 1. The number of anilines is 3. The van der Waals surface area contributed by atoms with Crippen molar-refractivity contribution in [2.75, 3.05) is 9.91 Å². The summed E-state index contributed by atoms with van der Waals surface area (Å²) >= 11 is 0. The van der Waals surface area contributed by atoms with E-state index in [4.69, 9.17) is 5.84 Å². The molecule has 0 amide bonds. The summed E-state index contributed by atoms with van der Waals surface area (Å²) < 4.78 is 0. The average Bonchev–Trinajstić information content (AvgIpc) is 2.64. The Morgan fingerprint density at radius 2 is 2.00 bits per heavy atom. The van der Waals surface area contributed by atoms with Gasteiger partial charge in [0.25, 0.3) is 0 Å². The third-order valence-electron chi connectivity index (χ3n) is 3.33. The van der Waals surface area contributed by atoms with Crippen LogP contribution in [0.1, 0.15) is 12.5 Å². The van der Waals surface area contributed by atoms with E-state index in [1.165, 1.54) is 5.56 Å². The molecule has 1 aromatic heterocycles. The summed E-state index contributed by atoms with van der Waals surface area (Å²) in [5, 5.41) is 1.70. The van der Waals surface area contributed by atoms with Crippen LogP contribution in [-0.2, 0) is 0 Å². The molecule has 3 rings (SSSR count). The molecule has 5 nitrogen and oxygen atoms in total. The van der Waals surface area contributed by atoms with Gasteiger partial charge in [0.2, 0.25) is 0 Å². The number of nitrogens with two attached hydrogens (primary N) is 1. The molecule has 2 heterocycles. The van der Waals surface area contributed by atoms with E-state index in [1.54, 1.807) is 17.5 Å². The minimum absolute atomic E-state index is 0.0257. The van der Waals surface area contributed by atoms with E-state index in [1.807, 2.05) is 19.1 Å². The topological polar surface area (TPSA) is 58.3 Å². The molecule has 5 heteroatoms. The highest BCUT2D eigenvalue weighted by Crippen LogP contribution is 2.40. The number of fused-ring (bicyclic) bond motifs is 1.